The molecule has 0 radical (unpaired) electrons. The summed E-state index contributed by atoms with van der Waals surface area (Å²) in [6.45, 7) is 48.6. The van der Waals surface area contributed by atoms with Crippen LogP contribution in [0.4, 0.5) is 0 Å². The van der Waals surface area contributed by atoms with Gasteiger partial charge < -0.3 is 18.0 Å². The lowest BCUT2D eigenvalue weighted by atomic mass is 9.59. The number of allylic oxidation sites excluding steroid dienone is 3. The molecule has 0 aromatic heterocycles. The minimum absolute atomic E-state index is 0.0148. The highest BCUT2D eigenvalue weighted by Gasteiger charge is 2.58. The van der Waals surface area contributed by atoms with Crippen LogP contribution < -0.4 is 0 Å². The third kappa shape index (κ3) is 9.60. The largest absolute Gasteiger partial charge is 0.413 e. The quantitative estimate of drug-likeness (QED) is 0.174. The van der Waals surface area contributed by atoms with Gasteiger partial charge in [-0.1, -0.05) is 100 Å². The van der Waals surface area contributed by atoms with E-state index in [0.717, 1.165) is 25.9 Å². The molecule has 7 heteroatoms. The van der Waals surface area contributed by atoms with Crippen LogP contribution in [0.1, 0.15) is 148 Å². The van der Waals surface area contributed by atoms with Gasteiger partial charge in [0.2, 0.25) is 0 Å². The van der Waals surface area contributed by atoms with Crippen molar-refractivity contribution in [3.05, 3.63) is 35.5 Å². The van der Waals surface area contributed by atoms with Gasteiger partial charge in [-0.3, -0.25) is 0 Å². The van der Waals surface area contributed by atoms with E-state index in [1.165, 1.54) is 61.4 Å². The van der Waals surface area contributed by atoms with E-state index in [2.05, 4.69) is 135 Å². The molecule has 312 valence electrons. The van der Waals surface area contributed by atoms with Gasteiger partial charge in [-0.05, 0) is 161 Å². The average molecular weight is 801 g/mol. The molecule has 0 aromatic rings. The van der Waals surface area contributed by atoms with Gasteiger partial charge in [0.05, 0.1) is 30.0 Å². The van der Waals surface area contributed by atoms with Gasteiger partial charge in [0, 0.05) is 5.92 Å². The summed E-state index contributed by atoms with van der Waals surface area (Å²) in [7, 11) is -5.70. The Hall–Kier alpha value is -0.289. The van der Waals surface area contributed by atoms with Crippen LogP contribution in [0.15, 0.2) is 35.5 Å². The summed E-state index contributed by atoms with van der Waals surface area (Å²) in [6, 6.07) is 3.63. The Bertz CT molecular complexity index is 1370. The van der Waals surface area contributed by atoms with E-state index in [0.29, 0.717) is 17.8 Å². The highest BCUT2D eigenvalue weighted by molar-refractivity contribution is 6.74. The fraction of sp³-hybridized carbons (Fsp3) is 0.872. The van der Waals surface area contributed by atoms with E-state index in [-0.39, 0.29) is 44.8 Å². The maximum atomic E-state index is 7.26. The molecule has 8 atom stereocenters. The minimum atomic E-state index is -2.04. The van der Waals surface area contributed by atoms with Gasteiger partial charge in [0.1, 0.15) is 0 Å². The molecule has 4 fully saturated rings. The van der Waals surface area contributed by atoms with Crippen LogP contribution in [0.2, 0.25) is 54.4 Å². The Morgan fingerprint density at radius 3 is 1.98 bits per heavy atom. The molecule has 0 spiro atoms. The van der Waals surface area contributed by atoms with E-state index in [1.54, 1.807) is 5.57 Å². The Balaban J connectivity index is 1.57. The lowest BCUT2D eigenvalue weighted by Gasteiger charge is -2.49. The van der Waals surface area contributed by atoms with Gasteiger partial charge >= 0.3 is 0 Å². The standard InChI is InChI=1S/C47H88O4Si3/c1-20-54(21-2,22-3)51-45(12,13)31-36-32-47(15,48-33-36)41-28-27-39-37(24-23-29-46(39,41)14)25-26-38-30-40(49-52(16,17)43(6,7)8)35(5)42(34(38)4)50-53(18,19)44(9,10)11/h25-26,35-36,39-42H,4,20-24,27-33H2,1-3,5-19H3/b37-25+,38-26-/t35-,36+,39-,40+,41-,42+,46-,47-/m0/s1. The number of fused-ring (bicyclic) bond motifs is 1. The Morgan fingerprint density at radius 1 is 0.852 bits per heavy atom. The maximum Gasteiger partial charge on any atom is 0.192 e. The molecular weight excluding hydrogens is 713 g/mol. The predicted molar refractivity (Wildman–Crippen MR) is 241 cm³/mol. The van der Waals surface area contributed by atoms with Gasteiger partial charge in [-0.2, -0.15) is 0 Å². The normalized spacial score (nSPS) is 35.0. The number of hydrogen-bond acceptors (Lipinski definition) is 4. The maximum absolute atomic E-state index is 7.26. The van der Waals surface area contributed by atoms with E-state index in [9.17, 15) is 0 Å². The van der Waals surface area contributed by atoms with Gasteiger partial charge in [-0.15, -0.1) is 0 Å². The van der Waals surface area contributed by atoms with Crippen molar-refractivity contribution in [2.45, 2.75) is 226 Å². The van der Waals surface area contributed by atoms with E-state index < -0.39 is 25.0 Å². The molecule has 1 saturated heterocycles. The minimum Gasteiger partial charge on any atom is -0.413 e. The first-order valence-corrected chi connectivity index (χ1v) is 30.7. The summed E-state index contributed by atoms with van der Waals surface area (Å²) in [4.78, 5) is 0. The molecule has 4 aliphatic rings. The van der Waals surface area contributed by atoms with Crippen LogP contribution in [0.3, 0.4) is 0 Å². The van der Waals surface area contributed by atoms with Crippen molar-refractivity contribution >= 4 is 25.0 Å². The van der Waals surface area contributed by atoms with Crippen molar-refractivity contribution in [3.8, 4) is 0 Å². The third-order valence-corrected chi connectivity index (χ3v) is 30.3. The number of rotatable bonds is 13. The molecule has 54 heavy (non-hydrogen) atoms. The first-order chi connectivity index (χ1) is 24.6. The molecule has 0 amide bonds. The second-order valence-corrected chi connectivity index (χ2v) is 37.0. The lowest BCUT2D eigenvalue weighted by Crippen LogP contribution is -2.53. The molecule has 0 aromatic carbocycles. The molecule has 0 bridgehead atoms. The van der Waals surface area contributed by atoms with Crippen molar-refractivity contribution in [1.29, 1.82) is 0 Å². The SMILES string of the molecule is C=C1/C(=C\C=C2/CCC[C@@]3(C)[C@H]2CC[C@@H]3[C@]2(C)C[C@@H](CC(C)(C)O[Si](CC)(CC)CC)CO2)C[C@@H](O[Si](C)(C)C(C)(C)C)[C@H](C)[C@@H]1O[Si](C)(C)C(C)(C)C. The molecule has 1 aliphatic heterocycles. The van der Waals surface area contributed by atoms with Gasteiger partial charge in [-0.25, -0.2) is 0 Å². The molecule has 0 N–H and O–H groups in total. The predicted octanol–water partition coefficient (Wildman–Crippen LogP) is 14.4. The van der Waals surface area contributed by atoms with Crippen LogP contribution in [-0.2, 0) is 18.0 Å². The Morgan fingerprint density at radius 2 is 1.43 bits per heavy atom. The van der Waals surface area contributed by atoms with E-state index in [4.69, 9.17) is 24.6 Å². The smallest absolute Gasteiger partial charge is 0.192 e. The number of ether oxygens (including phenoxy) is 1. The highest BCUT2D eigenvalue weighted by Crippen LogP contribution is 2.63. The average Bonchev–Trinajstić information content (AvgIpc) is 3.61. The zero-order chi connectivity index (χ0) is 40.9. The zero-order valence-corrected chi connectivity index (χ0v) is 41.9. The van der Waals surface area contributed by atoms with Crippen molar-refractivity contribution in [1.82, 2.24) is 0 Å². The van der Waals surface area contributed by atoms with Crippen LogP contribution in [0.5, 0.6) is 0 Å². The first kappa shape index (κ1) is 46.4. The monoisotopic (exact) mass is 801 g/mol. The fourth-order valence-corrected chi connectivity index (χ4v) is 16.8. The summed E-state index contributed by atoms with van der Waals surface area (Å²) >= 11 is 0. The van der Waals surface area contributed by atoms with Crippen molar-refractivity contribution in [3.63, 3.8) is 0 Å². The zero-order valence-electron chi connectivity index (χ0n) is 38.9. The second-order valence-electron chi connectivity index (χ2n) is 22.8. The molecule has 4 nitrogen and oxygen atoms in total. The highest BCUT2D eigenvalue weighted by atomic mass is 28.4. The van der Waals surface area contributed by atoms with Gasteiger partial charge in [0.25, 0.3) is 0 Å². The second kappa shape index (κ2) is 16.4. The van der Waals surface area contributed by atoms with Crippen LogP contribution in [0, 0.1) is 29.1 Å². The first-order valence-electron chi connectivity index (χ1n) is 22.4. The molecule has 3 aliphatic carbocycles. The topological polar surface area (TPSA) is 36.9 Å². The van der Waals surface area contributed by atoms with Crippen molar-refractivity contribution in [2.24, 2.45) is 29.1 Å². The summed E-state index contributed by atoms with van der Waals surface area (Å²) < 4.78 is 28.6. The summed E-state index contributed by atoms with van der Waals surface area (Å²) in [5.74, 6) is 2.04. The van der Waals surface area contributed by atoms with Crippen LogP contribution >= 0.6 is 0 Å². The molecule has 0 unspecified atom stereocenters. The van der Waals surface area contributed by atoms with Crippen LogP contribution in [-0.4, -0.2) is 55.0 Å². The number of hydrogen-bond donors (Lipinski definition) is 0. The van der Waals surface area contributed by atoms with E-state index in [1.807, 2.05) is 0 Å². The van der Waals surface area contributed by atoms with Crippen molar-refractivity contribution in [2.75, 3.05) is 6.61 Å². The van der Waals surface area contributed by atoms with Crippen LogP contribution in [0.25, 0.3) is 0 Å². The Labute approximate surface area is 338 Å². The molecular formula is C47H88O4Si3. The molecule has 4 rings (SSSR count). The Kier molecular flexibility index (Phi) is 14.1. The summed E-state index contributed by atoms with van der Waals surface area (Å²) in [5, 5.41) is 0.290. The van der Waals surface area contributed by atoms with Crippen molar-refractivity contribution < 1.29 is 18.0 Å². The summed E-state index contributed by atoms with van der Waals surface area (Å²) in [5.41, 5.74) is 4.30. The molecule has 3 saturated carbocycles. The third-order valence-electron chi connectivity index (χ3n) is 16.5. The molecule has 1 heterocycles. The van der Waals surface area contributed by atoms with E-state index >= 15 is 0 Å². The summed E-state index contributed by atoms with van der Waals surface area (Å²) in [6.07, 6.45) is 14.6. The lowest BCUT2D eigenvalue weighted by molar-refractivity contribution is -0.0753. The van der Waals surface area contributed by atoms with Gasteiger partial charge in [0.15, 0.2) is 25.0 Å². The fourth-order valence-electron chi connectivity index (χ4n) is 10.9.